The molecule has 1 aliphatic rings. The number of nitrogens with two attached hydrogens (primary N) is 1. The fraction of sp³-hybridized carbons (Fsp3) is 0.333. The van der Waals surface area contributed by atoms with E-state index in [1.54, 1.807) is 0 Å². The van der Waals surface area contributed by atoms with Crippen molar-refractivity contribution in [2.24, 2.45) is 10.6 Å². The summed E-state index contributed by atoms with van der Waals surface area (Å²) in [6.45, 7) is 1.29. The summed E-state index contributed by atoms with van der Waals surface area (Å²) in [5.74, 6) is -2.58. The van der Waals surface area contributed by atoms with Crippen LogP contribution in [0.4, 0.5) is 0 Å². The smallest absolute Gasteiger partial charge is 0.331 e. The maximum absolute atomic E-state index is 11.1. The lowest BCUT2D eigenvalue weighted by Gasteiger charge is -2.26. The number of hydrogen-bond donors (Lipinski definition) is 4. The maximum Gasteiger partial charge on any atom is 0.331 e. The van der Waals surface area contributed by atoms with Crippen molar-refractivity contribution in [1.82, 2.24) is 4.72 Å². The second kappa shape index (κ2) is 4.42. The molecule has 0 bridgehead atoms. The number of carbonyl (C=O) groups is 2. The minimum atomic E-state index is -4.10. The number of rotatable bonds is 4. The van der Waals surface area contributed by atoms with E-state index in [2.05, 4.69) is 0 Å². The van der Waals surface area contributed by atoms with Crippen LogP contribution in [-0.2, 0) is 19.8 Å². The minimum Gasteiger partial charge on any atom is -0.481 e. The maximum atomic E-state index is 11.1. The molecular formula is C9H12N2O6S. The summed E-state index contributed by atoms with van der Waals surface area (Å²) in [4.78, 5) is 22.0. The predicted molar refractivity (Wildman–Crippen MR) is 60.4 cm³/mol. The molecule has 0 spiro atoms. The molecule has 0 fully saturated rings. The average Bonchev–Trinajstić information content (AvgIpc) is 2.13. The molecule has 0 saturated heterocycles. The van der Waals surface area contributed by atoms with Crippen molar-refractivity contribution in [2.75, 3.05) is 0 Å². The highest BCUT2D eigenvalue weighted by molar-refractivity contribution is 7.87. The van der Waals surface area contributed by atoms with Gasteiger partial charge in [0.15, 0.2) is 0 Å². The number of hydrogen-bond acceptors (Lipinski definition) is 4. The van der Waals surface area contributed by atoms with Crippen LogP contribution < -0.4 is 9.86 Å². The van der Waals surface area contributed by atoms with E-state index in [1.807, 2.05) is 4.72 Å². The van der Waals surface area contributed by atoms with Crippen LogP contribution >= 0.6 is 0 Å². The summed E-state index contributed by atoms with van der Waals surface area (Å²) in [6, 6.07) is 0. The molecule has 1 unspecified atom stereocenters. The van der Waals surface area contributed by atoms with Gasteiger partial charge in [-0.15, -0.1) is 0 Å². The Bertz CT molecular complexity index is 562. The lowest BCUT2D eigenvalue weighted by Crippen LogP contribution is -2.35. The second-order valence-corrected chi connectivity index (χ2v) is 5.42. The van der Waals surface area contributed by atoms with Gasteiger partial charge in [-0.05, 0) is 25.5 Å². The van der Waals surface area contributed by atoms with Crippen LogP contribution in [0.5, 0.6) is 0 Å². The van der Waals surface area contributed by atoms with E-state index in [0.29, 0.717) is 0 Å². The third-order valence-electron chi connectivity index (χ3n) is 2.38. The van der Waals surface area contributed by atoms with Crippen molar-refractivity contribution < 1.29 is 28.2 Å². The van der Waals surface area contributed by atoms with E-state index in [0.717, 1.165) is 12.2 Å². The van der Waals surface area contributed by atoms with Gasteiger partial charge in [0.2, 0.25) is 0 Å². The Morgan fingerprint density at radius 1 is 1.44 bits per heavy atom. The van der Waals surface area contributed by atoms with Gasteiger partial charge < -0.3 is 10.2 Å². The Balaban J connectivity index is 3.23. The SMILES string of the molecule is CC1(C(=O)O)C=C(NS(N)(=O)=O)C=C(C(=O)O)C1. The summed E-state index contributed by atoms with van der Waals surface area (Å²) in [7, 11) is -4.10. The van der Waals surface area contributed by atoms with Crippen LogP contribution in [0.3, 0.4) is 0 Å². The number of carboxylic acid groups (broad SMARTS) is 2. The Hall–Kier alpha value is -1.87. The third kappa shape index (κ3) is 3.31. The molecule has 5 N–H and O–H groups in total. The Labute approximate surface area is 103 Å². The first-order valence-corrected chi connectivity index (χ1v) is 6.29. The largest absolute Gasteiger partial charge is 0.481 e. The number of carboxylic acids is 2. The molecule has 1 atom stereocenters. The molecule has 0 aromatic carbocycles. The van der Waals surface area contributed by atoms with Crippen LogP contribution in [-0.4, -0.2) is 30.6 Å². The highest BCUT2D eigenvalue weighted by atomic mass is 32.2. The molecule has 100 valence electrons. The van der Waals surface area contributed by atoms with Gasteiger partial charge in [-0.25, -0.2) is 9.93 Å². The molecule has 1 rings (SSSR count). The molecule has 1 aliphatic carbocycles. The number of nitrogens with one attached hydrogen (secondary N) is 1. The first kappa shape index (κ1) is 14.2. The van der Waals surface area contributed by atoms with Gasteiger partial charge in [-0.1, -0.05) is 0 Å². The average molecular weight is 276 g/mol. The zero-order valence-electron chi connectivity index (χ0n) is 9.37. The van der Waals surface area contributed by atoms with Crippen LogP contribution in [0.25, 0.3) is 0 Å². The Morgan fingerprint density at radius 3 is 2.39 bits per heavy atom. The Morgan fingerprint density at radius 2 is 2.00 bits per heavy atom. The van der Waals surface area contributed by atoms with Crippen molar-refractivity contribution in [1.29, 1.82) is 0 Å². The zero-order chi connectivity index (χ0) is 14.1. The monoisotopic (exact) mass is 276 g/mol. The number of aliphatic carboxylic acids is 2. The molecular weight excluding hydrogens is 264 g/mol. The van der Waals surface area contributed by atoms with E-state index < -0.39 is 27.6 Å². The molecule has 0 aliphatic heterocycles. The summed E-state index contributed by atoms with van der Waals surface area (Å²) < 4.78 is 23.6. The van der Waals surface area contributed by atoms with Gasteiger partial charge in [0, 0.05) is 11.3 Å². The van der Waals surface area contributed by atoms with Crippen molar-refractivity contribution in [3.05, 3.63) is 23.4 Å². The van der Waals surface area contributed by atoms with E-state index in [-0.39, 0.29) is 17.7 Å². The van der Waals surface area contributed by atoms with Gasteiger partial charge in [0.1, 0.15) is 0 Å². The lowest BCUT2D eigenvalue weighted by molar-refractivity contribution is -0.145. The van der Waals surface area contributed by atoms with Crippen LogP contribution in [0.1, 0.15) is 13.3 Å². The van der Waals surface area contributed by atoms with Crippen molar-refractivity contribution >= 4 is 22.1 Å². The molecule has 0 amide bonds. The molecule has 0 saturated carbocycles. The van der Waals surface area contributed by atoms with E-state index >= 15 is 0 Å². The molecule has 0 aromatic rings. The quantitative estimate of drug-likeness (QED) is 0.527. The second-order valence-electron chi connectivity index (χ2n) is 4.12. The first-order valence-electron chi connectivity index (χ1n) is 4.74. The molecule has 18 heavy (non-hydrogen) atoms. The molecule has 0 aromatic heterocycles. The summed E-state index contributed by atoms with van der Waals surface area (Å²) >= 11 is 0. The van der Waals surface area contributed by atoms with Crippen LogP contribution in [0, 0.1) is 5.41 Å². The fourth-order valence-corrected chi connectivity index (χ4v) is 2.01. The van der Waals surface area contributed by atoms with Crippen LogP contribution in [0.2, 0.25) is 0 Å². The highest BCUT2D eigenvalue weighted by Gasteiger charge is 2.37. The van der Waals surface area contributed by atoms with Crippen molar-refractivity contribution in [2.45, 2.75) is 13.3 Å². The number of allylic oxidation sites excluding steroid dienone is 1. The van der Waals surface area contributed by atoms with E-state index in [4.69, 9.17) is 15.4 Å². The molecule has 0 heterocycles. The zero-order valence-corrected chi connectivity index (χ0v) is 10.2. The summed E-state index contributed by atoms with van der Waals surface area (Å²) in [5, 5.41) is 22.7. The van der Waals surface area contributed by atoms with E-state index in [9.17, 15) is 18.0 Å². The fourth-order valence-electron chi connectivity index (χ4n) is 1.57. The highest BCUT2D eigenvalue weighted by Crippen LogP contribution is 2.33. The first-order chi connectivity index (χ1) is 8.03. The minimum absolute atomic E-state index is 0.175. The standard InChI is InChI=1S/C9H12N2O6S/c1-9(8(14)15)3-5(7(12)13)2-6(4-9)11-18(10,16)17/h2,4,11H,3H2,1H3,(H,12,13)(H,14,15)(H2,10,16,17). The summed E-state index contributed by atoms with van der Waals surface area (Å²) in [5.41, 5.74) is -1.89. The van der Waals surface area contributed by atoms with Gasteiger partial charge in [-0.2, -0.15) is 8.42 Å². The normalized spacial score (nSPS) is 23.9. The van der Waals surface area contributed by atoms with Crippen LogP contribution in [0.15, 0.2) is 23.4 Å². The predicted octanol–water partition coefficient (Wildman–Crippen LogP) is -0.831. The molecule has 9 heteroatoms. The Kier molecular flexibility index (Phi) is 3.49. The third-order valence-corrected chi connectivity index (χ3v) is 2.91. The van der Waals surface area contributed by atoms with Gasteiger partial charge in [-0.3, -0.25) is 9.52 Å². The van der Waals surface area contributed by atoms with Crippen molar-refractivity contribution in [3.8, 4) is 0 Å². The van der Waals surface area contributed by atoms with Gasteiger partial charge >= 0.3 is 11.9 Å². The molecule has 0 radical (unpaired) electrons. The van der Waals surface area contributed by atoms with E-state index in [1.165, 1.54) is 6.92 Å². The van der Waals surface area contributed by atoms with Crippen molar-refractivity contribution in [3.63, 3.8) is 0 Å². The van der Waals surface area contributed by atoms with Gasteiger partial charge in [0.05, 0.1) is 5.41 Å². The van der Waals surface area contributed by atoms with Gasteiger partial charge in [0.25, 0.3) is 10.2 Å². The molecule has 8 nitrogen and oxygen atoms in total. The lowest BCUT2D eigenvalue weighted by atomic mass is 9.79. The summed E-state index contributed by atoms with van der Waals surface area (Å²) in [6.07, 6.45) is 1.91. The topological polar surface area (TPSA) is 147 Å².